The van der Waals surface area contributed by atoms with Gasteiger partial charge in [-0.2, -0.15) is 0 Å². The van der Waals surface area contributed by atoms with Crippen LogP contribution < -0.4 is 20.1 Å². The van der Waals surface area contributed by atoms with Crippen molar-refractivity contribution in [3.63, 3.8) is 0 Å². The third kappa shape index (κ3) is 5.49. The monoisotopic (exact) mass is 412 g/mol. The fourth-order valence-corrected chi connectivity index (χ4v) is 2.85. The lowest BCUT2D eigenvalue weighted by Crippen LogP contribution is -2.31. The van der Waals surface area contributed by atoms with Crippen molar-refractivity contribution in [2.45, 2.75) is 0 Å². The van der Waals surface area contributed by atoms with Crippen LogP contribution in [0.15, 0.2) is 36.4 Å². The Labute approximate surface area is 176 Å². The number of benzene rings is 2. The Hall–Kier alpha value is -3.10. The molecule has 0 fully saturated rings. The van der Waals surface area contributed by atoms with Gasteiger partial charge in [0.1, 0.15) is 0 Å². The molecular weight excluding hydrogens is 384 g/mol. The normalized spacial score (nSPS) is 11.9. The highest BCUT2D eigenvalue weighted by molar-refractivity contribution is 5.96. The largest absolute Gasteiger partial charge is 0.449 e. The molecule has 0 saturated carbocycles. The number of rotatable bonds is 8. The number of likely N-dealkylation sites (N-methyl/N-ethyl adjacent to an activating group) is 2. The summed E-state index contributed by atoms with van der Waals surface area (Å²) in [5.41, 5.74) is 0.993. The molecule has 2 amide bonds. The van der Waals surface area contributed by atoms with Gasteiger partial charge in [-0.05, 0) is 64.6 Å². The average Bonchev–Trinajstić information content (AvgIpc) is 2.70. The molecule has 8 heteroatoms. The van der Waals surface area contributed by atoms with Gasteiger partial charge in [-0.25, -0.2) is 0 Å². The molecule has 0 aromatic heterocycles. The molecule has 2 N–H and O–H groups in total. The van der Waals surface area contributed by atoms with Gasteiger partial charge in [0.2, 0.25) is 0 Å². The van der Waals surface area contributed by atoms with Gasteiger partial charge in [-0.3, -0.25) is 9.59 Å². The first-order valence-electron chi connectivity index (χ1n) is 9.83. The molecule has 0 unspecified atom stereocenters. The Kier molecular flexibility index (Phi) is 6.91. The van der Waals surface area contributed by atoms with E-state index in [1.165, 1.54) is 0 Å². The van der Waals surface area contributed by atoms with Crippen LogP contribution in [0, 0.1) is 0 Å². The second kappa shape index (κ2) is 9.60. The minimum absolute atomic E-state index is 0.168. The second-order valence-electron chi connectivity index (χ2n) is 7.65. The molecule has 1 heterocycles. The second-order valence-corrected chi connectivity index (χ2v) is 7.65. The van der Waals surface area contributed by atoms with E-state index in [9.17, 15) is 9.59 Å². The molecule has 0 saturated heterocycles. The van der Waals surface area contributed by atoms with Gasteiger partial charge < -0.3 is 29.9 Å². The zero-order valence-electron chi connectivity index (χ0n) is 17.8. The minimum Gasteiger partial charge on any atom is -0.449 e. The van der Waals surface area contributed by atoms with E-state index in [2.05, 4.69) is 10.6 Å². The molecule has 0 radical (unpaired) electrons. The highest BCUT2D eigenvalue weighted by atomic mass is 16.6. The van der Waals surface area contributed by atoms with E-state index in [1.807, 2.05) is 38.0 Å². The maximum atomic E-state index is 12.3. The summed E-state index contributed by atoms with van der Waals surface area (Å²) in [6, 6.07) is 10.1. The topological polar surface area (TPSA) is 83.1 Å². The van der Waals surface area contributed by atoms with Gasteiger partial charge in [-0.15, -0.1) is 0 Å². The SMILES string of the molecule is CN(C)CCNC(=O)c1ccc2c(c1)Oc1ccc(C(=O)NCCN(C)C)cc1O2. The summed E-state index contributed by atoms with van der Waals surface area (Å²) >= 11 is 0. The van der Waals surface area contributed by atoms with Crippen molar-refractivity contribution < 1.29 is 19.1 Å². The summed E-state index contributed by atoms with van der Waals surface area (Å²) in [5.74, 6) is 1.59. The molecule has 2 aromatic carbocycles. The summed E-state index contributed by atoms with van der Waals surface area (Å²) in [5, 5.41) is 5.75. The van der Waals surface area contributed by atoms with Crippen molar-refractivity contribution in [3.8, 4) is 23.0 Å². The van der Waals surface area contributed by atoms with Crippen molar-refractivity contribution in [1.29, 1.82) is 0 Å². The molecule has 2 aromatic rings. The highest BCUT2D eigenvalue weighted by Gasteiger charge is 2.22. The van der Waals surface area contributed by atoms with E-state index in [1.54, 1.807) is 36.4 Å². The van der Waals surface area contributed by atoms with Crippen molar-refractivity contribution in [2.75, 3.05) is 54.4 Å². The Balaban J connectivity index is 1.67. The number of ether oxygens (including phenoxy) is 2. The number of hydrogen-bond acceptors (Lipinski definition) is 6. The molecule has 30 heavy (non-hydrogen) atoms. The molecule has 0 atom stereocenters. The summed E-state index contributed by atoms with van der Waals surface area (Å²) in [6.07, 6.45) is 0. The zero-order chi connectivity index (χ0) is 21.7. The van der Waals surface area contributed by atoms with Gasteiger partial charge in [0.15, 0.2) is 23.0 Å². The minimum atomic E-state index is -0.168. The van der Waals surface area contributed by atoms with Crippen molar-refractivity contribution >= 4 is 11.8 Å². The number of hydrogen-bond donors (Lipinski definition) is 2. The lowest BCUT2D eigenvalue weighted by Gasteiger charge is -2.21. The van der Waals surface area contributed by atoms with Gasteiger partial charge in [0, 0.05) is 37.3 Å². The fourth-order valence-electron chi connectivity index (χ4n) is 2.85. The molecule has 160 valence electrons. The van der Waals surface area contributed by atoms with Crippen LogP contribution in [0.1, 0.15) is 20.7 Å². The van der Waals surface area contributed by atoms with Gasteiger partial charge in [0.05, 0.1) is 0 Å². The number of carbonyl (C=O) groups is 2. The van der Waals surface area contributed by atoms with E-state index in [0.29, 0.717) is 47.2 Å². The van der Waals surface area contributed by atoms with Gasteiger partial charge in [-0.1, -0.05) is 0 Å². The van der Waals surface area contributed by atoms with E-state index in [-0.39, 0.29) is 11.8 Å². The Morgan fingerprint density at radius 2 is 1.10 bits per heavy atom. The summed E-state index contributed by atoms with van der Waals surface area (Å²) < 4.78 is 11.8. The van der Waals surface area contributed by atoms with Crippen LogP contribution in [-0.4, -0.2) is 76.0 Å². The lowest BCUT2D eigenvalue weighted by molar-refractivity contribution is 0.0942. The maximum Gasteiger partial charge on any atom is 0.251 e. The van der Waals surface area contributed by atoms with E-state index in [0.717, 1.165) is 13.1 Å². The molecule has 0 bridgehead atoms. The summed E-state index contributed by atoms with van der Waals surface area (Å²) in [7, 11) is 7.80. The Bertz CT molecular complexity index is 852. The molecular formula is C22H28N4O4. The smallest absolute Gasteiger partial charge is 0.251 e. The van der Waals surface area contributed by atoms with Crippen LogP contribution in [0.25, 0.3) is 0 Å². The molecule has 1 aliphatic heterocycles. The number of nitrogens with one attached hydrogen (secondary N) is 2. The Morgan fingerprint density at radius 3 is 1.47 bits per heavy atom. The zero-order valence-corrected chi connectivity index (χ0v) is 17.8. The van der Waals surface area contributed by atoms with Gasteiger partial charge in [0.25, 0.3) is 11.8 Å². The number of carbonyl (C=O) groups excluding carboxylic acids is 2. The van der Waals surface area contributed by atoms with E-state index in [4.69, 9.17) is 9.47 Å². The molecule has 3 rings (SSSR count). The predicted molar refractivity (Wildman–Crippen MR) is 115 cm³/mol. The predicted octanol–water partition coefficient (Wildman–Crippen LogP) is 2.17. The van der Waals surface area contributed by atoms with Crippen LogP contribution in [0.2, 0.25) is 0 Å². The quantitative estimate of drug-likeness (QED) is 0.590. The van der Waals surface area contributed by atoms with Crippen LogP contribution in [0.4, 0.5) is 0 Å². The van der Waals surface area contributed by atoms with Crippen LogP contribution in [0.3, 0.4) is 0 Å². The standard InChI is InChI=1S/C22H28N4O4/c1-25(2)11-9-23-21(27)15-5-7-17-19(13-15)29-18-8-6-16(14-20(18)30-17)22(28)24-10-12-26(3)4/h5-8,13-14H,9-12H2,1-4H3,(H,23,27)(H,24,28). The Morgan fingerprint density at radius 1 is 0.700 bits per heavy atom. The molecule has 8 nitrogen and oxygen atoms in total. The van der Waals surface area contributed by atoms with E-state index < -0.39 is 0 Å². The van der Waals surface area contributed by atoms with Crippen LogP contribution in [-0.2, 0) is 0 Å². The van der Waals surface area contributed by atoms with Crippen molar-refractivity contribution in [1.82, 2.24) is 20.4 Å². The fraction of sp³-hybridized carbons (Fsp3) is 0.364. The molecule has 0 aliphatic carbocycles. The van der Waals surface area contributed by atoms with Crippen molar-refractivity contribution in [3.05, 3.63) is 47.5 Å². The number of fused-ring (bicyclic) bond motifs is 2. The van der Waals surface area contributed by atoms with Gasteiger partial charge >= 0.3 is 0 Å². The van der Waals surface area contributed by atoms with Crippen LogP contribution >= 0.6 is 0 Å². The average molecular weight is 412 g/mol. The molecule has 0 spiro atoms. The lowest BCUT2D eigenvalue weighted by atomic mass is 10.1. The number of amides is 2. The third-order valence-electron chi connectivity index (χ3n) is 4.54. The summed E-state index contributed by atoms with van der Waals surface area (Å²) in [4.78, 5) is 28.7. The number of nitrogens with zero attached hydrogens (tertiary/aromatic N) is 2. The first-order valence-corrected chi connectivity index (χ1v) is 9.83. The summed E-state index contributed by atoms with van der Waals surface area (Å²) in [6.45, 7) is 2.63. The maximum absolute atomic E-state index is 12.3. The highest BCUT2D eigenvalue weighted by Crippen LogP contribution is 2.45. The first-order chi connectivity index (χ1) is 14.3. The van der Waals surface area contributed by atoms with E-state index >= 15 is 0 Å². The third-order valence-corrected chi connectivity index (χ3v) is 4.54. The van der Waals surface area contributed by atoms with Crippen LogP contribution in [0.5, 0.6) is 23.0 Å². The van der Waals surface area contributed by atoms with Crippen molar-refractivity contribution in [2.24, 2.45) is 0 Å². The first kappa shape index (κ1) is 21.6. The molecule has 1 aliphatic rings.